The van der Waals surface area contributed by atoms with Crippen LogP contribution >= 0.6 is 0 Å². The largest absolute Gasteiger partial charge is 0.462 e. The van der Waals surface area contributed by atoms with Gasteiger partial charge in [-0.25, -0.2) is 0 Å². The number of carbonyl (C=O) groups is 3. The molecule has 0 aliphatic rings. The van der Waals surface area contributed by atoms with Crippen LogP contribution in [0.3, 0.4) is 0 Å². The summed E-state index contributed by atoms with van der Waals surface area (Å²) in [5.74, 6) is -0.983. The van der Waals surface area contributed by atoms with E-state index in [0.29, 0.717) is 25.7 Å². The molecule has 0 aliphatic carbocycles. The third kappa shape index (κ3) is 54.6. The number of ether oxygens (including phenoxy) is 3. The Hall–Kier alpha value is -4.19. The highest BCUT2D eigenvalue weighted by Crippen LogP contribution is 2.13. The van der Waals surface area contributed by atoms with E-state index >= 15 is 0 Å². The van der Waals surface area contributed by atoms with Crippen molar-refractivity contribution in [2.75, 3.05) is 13.2 Å². The van der Waals surface area contributed by atoms with Crippen LogP contribution in [0.25, 0.3) is 0 Å². The van der Waals surface area contributed by atoms with Crippen LogP contribution in [0.1, 0.15) is 239 Å². The molecule has 0 saturated carbocycles. The molecule has 0 saturated heterocycles. The number of allylic oxidation sites excluding steroid dienone is 20. The van der Waals surface area contributed by atoms with Crippen molar-refractivity contribution in [2.45, 2.75) is 245 Å². The van der Waals surface area contributed by atoms with E-state index in [2.05, 4.69) is 142 Å². The maximum Gasteiger partial charge on any atom is 0.306 e. The van der Waals surface area contributed by atoms with Crippen LogP contribution in [0.2, 0.25) is 0 Å². The summed E-state index contributed by atoms with van der Waals surface area (Å²) in [5, 5.41) is 0. The third-order valence-corrected chi connectivity index (χ3v) is 11.4. The van der Waals surface area contributed by atoms with Gasteiger partial charge in [-0.2, -0.15) is 0 Å². The van der Waals surface area contributed by atoms with Crippen molar-refractivity contribution >= 4 is 17.9 Å². The van der Waals surface area contributed by atoms with E-state index in [1.165, 1.54) is 51.4 Å². The molecule has 0 aliphatic heterocycles. The maximum atomic E-state index is 12.8. The molecular weight excluding hydrogens is 853 g/mol. The van der Waals surface area contributed by atoms with Gasteiger partial charge in [-0.1, -0.05) is 206 Å². The van der Waals surface area contributed by atoms with Gasteiger partial charge in [0.15, 0.2) is 6.10 Å². The molecule has 1 atom stereocenters. The highest BCUT2D eigenvalue weighted by Gasteiger charge is 2.19. The Bertz CT molecular complexity index is 1470. The van der Waals surface area contributed by atoms with Gasteiger partial charge in [0.2, 0.25) is 0 Å². The fourth-order valence-corrected chi connectivity index (χ4v) is 7.21. The van der Waals surface area contributed by atoms with Gasteiger partial charge < -0.3 is 14.2 Å². The zero-order chi connectivity index (χ0) is 50.0. The molecule has 0 amide bonds. The first-order valence-electron chi connectivity index (χ1n) is 28.0. The highest BCUT2D eigenvalue weighted by atomic mass is 16.6. The summed E-state index contributed by atoms with van der Waals surface area (Å²) in [6.45, 7) is 6.40. The molecule has 6 heteroatoms. The van der Waals surface area contributed by atoms with E-state index < -0.39 is 6.10 Å². The lowest BCUT2D eigenvalue weighted by Gasteiger charge is -2.18. The molecule has 390 valence electrons. The molecule has 0 spiro atoms. The Morgan fingerprint density at radius 2 is 0.565 bits per heavy atom. The first-order valence-corrected chi connectivity index (χ1v) is 28.0. The highest BCUT2D eigenvalue weighted by molar-refractivity contribution is 5.71. The molecule has 0 fully saturated rings. The summed E-state index contributed by atoms with van der Waals surface area (Å²) < 4.78 is 16.8. The van der Waals surface area contributed by atoms with Crippen LogP contribution in [0.5, 0.6) is 0 Å². The molecule has 0 heterocycles. The summed E-state index contributed by atoms with van der Waals surface area (Å²) in [5.41, 5.74) is 0. The zero-order valence-electron chi connectivity index (χ0n) is 44.5. The Balaban J connectivity index is 4.52. The van der Waals surface area contributed by atoms with E-state index in [1.807, 2.05) is 0 Å². The average Bonchev–Trinajstić information content (AvgIpc) is 3.35. The molecule has 0 N–H and O–H groups in total. The number of hydrogen-bond donors (Lipinski definition) is 0. The SMILES string of the molecule is CC/C=C\C/C=C\C/C=C\C/C=C\C/C=C\C/C=C\CCCCC(=O)OCC(COC(=O)CCCCCCC/C=C\C/C=C\CCCCC)OC(=O)CCCCCCC/C=C\C/C=C\CCCCC. The van der Waals surface area contributed by atoms with E-state index in [9.17, 15) is 14.4 Å². The second-order valence-electron chi connectivity index (χ2n) is 18.1. The number of carbonyl (C=O) groups excluding carboxylic acids is 3. The smallest absolute Gasteiger partial charge is 0.306 e. The molecule has 0 bridgehead atoms. The Kier molecular flexibility index (Phi) is 53.0. The van der Waals surface area contributed by atoms with Crippen LogP contribution in [-0.4, -0.2) is 37.2 Å². The van der Waals surface area contributed by atoms with Crippen LogP contribution in [0, 0.1) is 0 Å². The molecular formula is C63H102O6. The third-order valence-electron chi connectivity index (χ3n) is 11.4. The predicted molar refractivity (Wildman–Crippen MR) is 297 cm³/mol. The zero-order valence-corrected chi connectivity index (χ0v) is 44.5. The van der Waals surface area contributed by atoms with Crippen molar-refractivity contribution in [1.82, 2.24) is 0 Å². The van der Waals surface area contributed by atoms with E-state index in [1.54, 1.807) is 0 Å². The quantitative estimate of drug-likeness (QED) is 0.0262. The van der Waals surface area contributed by atoms with Gasteiger partial charge in [0.05, 0.1) is 0 Å². The van der Waals surface area contributed by atoms with E-state index in [-0.39, 0.29) is 31.1 Å². The van der Waals surface area contributed by atoms with Gasteiger partial charge in [0, 0.05) is 19.3 Å². The number of rotatable bonds is 49. The maximum absolute atomic E-state index is 12.8. The number of unbranched alkanes of at least 4 members (excludes halogenated alkanes) is 18. The summed E-state index contributed by atoms with van der Waals surface area (Å²) in [7, 11) is 0. The van der Waals surface area contributed by atoms with Crippen LogP contribution < -0.4 is 0 Å². The lowest BCUT2D eigenvalue weighted by atomic mass is 10.1. The minimum Gasteiger partial charge on any atom is -0.462 e. The van der Waals surface area contributed by atoms with Gasteiger partial charge in [-0.15, -0.1) is 0 Å². The van der Waals surface area contributed by atoms with Crippen molar-refractivity contribution in [3.63, 3.8) is 0 Å². The first kappa shape index (κ1) is 64.8. The van der Waals surface area contributed by atoms with Crippen molar-refractivity contribution in [1.29, 1.82) is 0 Å². The fraction of sp³-hybridized carbons (Fsp3) is 0.635. The Morgan fingerprint density at radius 1 is 0.304 bits per heavy atom. The van der Waals surface area contributed by atoms with Gasteiger partial charge >= 0.3 is 17.9 Å². The number of esters is 3. The van der Waals surface area contributed by atoms with Gasteiger partial charge in [0.25, 0.3) is 0 Å². The molecule has 0 aromatic rings. The second kappa shape index (κ2) is 56.4. The van der Waals surface area contributed by atoms with Crippen LogP contribution in [0.4, 0.5) is 0 Å². The van der Waals surface area contributed by atoms with Gasteiger partial charge in [-0.05, 0) is 135 Å². The fourth-order valence-electron chi connectivity index (χ4n) is 7.21. The topological polar surface area (TPSA) is 78.9 Å². The molecule has 6 nitrogen and oxygen atoms in total. The second-order valence-corrected chi connectivity index (χ2v) is 18.1. The van der Waals surface area contributed by atoms with Gasteiger partial charge in [-0.3, -0.25) is 14.4 Å². The molecule has 1 unspecified atom stereocenters. The Labute approximate surface area is 424 Å². The standard InChI is InChI=1S/C63H102O6/c1-4-7-10-13-16-19-22-25-28-29-30-31-32-33-36-38-41-44-47-50-53-56-62(65)68-59-60(69-63(66)57-54-51-48-45-42-39-35-27-24-21-18-15-12-9-6-3)58-67-61(64)55-52-49-46-43-40-37-34-26-23-20-17-14-11-8-5-2/h7,10,16-21,25-28,30-31,33-36,41,44,60H,4-6,8-9,11-15,22-24,29,32,37-40,42-43,45-59H2,1-3H3/b10-7-,19-16-,20-17-,21-18-,28-25-,31-30-,34-26-,35-27-,36-33-,44-41-. The summed E-state index contributed by atoms with van der Waals surface area (Å²) in [4.78, 5) is 38.1. The summed E-state index contributed by atoms with van der Waals surface area (Å²) >= 11 is 0. The first-order chi connectivity index (χ1) is 34.0. The predicted octanol–water partition coefficient (Wildman–Crippen LogP) is 18.9. The van der Waals surface area contributed by atoms with Crippen molar-refractivity contribution in [3.8, 4) is 0 Å². The van der Waals surface area contributed by atoms with Crippen LogP contribution in [-0.2, 0) is 28.6 Å². The van der Waals surface area contributed by atoms with Crippen molar-refractivity contribution in [2.24, 2.45) is 0 Å². The number of hydrogen-bond acceptors (Lipinski definition) is 6. The van der Waals surface area contributed by atoms with E-state index in [0.717, 1.165) is 141 Å². The normalized spacial score (nSPS) is 13.0. The minimum absolute atomic E-state index is 0.108. The minimum atomic E-state index is -0.813. The molecule has 69 heavy (non-hydrogen) atoms. The van der Waals surface area contributed by atoms with Crippen molar-refractivity contribution < 1.29 is 28.6 Å². The van der Waals surface area contributed by atoms with Crippen LogP contribution in [0.15, 0.2) is 122 Å². The van der Waals surface area contributed by atoms with Gasteiger partial charge in [0.1, 0.15) is 13.2 Å². The van der Waals surface area contributed by atoms with E-state index in [4.69, 9.17) is 14.2 Å². The molecule has 0 aromatic heterocycles. The average molecular weight is 956 g/mol. The monoisotopic (exact) mass is 955 g/mol. The summed E-state index contributed by atoms with van der Waals surface area (Å²) in [6.07, 6.45) is 77.5. The molecule has 0 rings (SSSR count). The lowest BCUT2D eigenvalue weighted by molar-refractivity contribution is -0.167. The lowest BCUT2D eigenvalue weighted by Crippen LogP contribution is -2.30. The molecule has 0 radical (unpaired) electrons. The van der Waals surface area contributed by atoms with Crippen molar-refractivity contribution in [3.05, 3.63) is 122 Å². The Morgan fingerprint density at radius 3 is 0.913 bits per heavy atom. The summed E-state index contributed by atoms with van der Waals surface area (Å²) in [6, 6.07) is 0. The molecule has 0 aromatic carbocycles.